The zero-order valence-electron chi connectivity index (χ0n) is 23.7. The van der Waals surface area contributed by atoms with Gasteiger partial charge in [0, 0.05) is 75.2 Å². The van der Waals surface area contributed by atoms with E-state index < -0.39 is 17.4 Å². The minimum absolute atomic E-state index is 0.00985. The SMILES string of the molecule is CCO[Si](C)(CCCNC(=O)SCCSCCSC(=O)NCCC[Si](OCC)(OCC)OCC)OCC. The van der Waals surface area contributed by atoms with Gasteiger partial charge in [-0.05, 0) is 60.1 Å². The van der Waals surface area contributed by atoms with E-state index in [1.54, 1.807) is 11.8 Å². The molecule has 0 saturated heterocycles. The highest BCUT2D eigenvalue weighted by atomic mass is 32.2. The third-order valence-corrected chi connectivity index (χ3v) is 14.3. The summed E-state index contributed by atoms with van der Waals surface area (Å²) in [6.45, 7) is 16.1. The normalized spacial score (nSPS) is 12.1. The molecule has 14 heteroatoms. The van der Waals surface area contributed by atoms with Gasteiger partial charge in [0.15, 0.2) is 0 Å². The Morgan fingerprint density at radius 3 is 1.43 bits per heavy atom. The molecule has 0 atom stereocenters. The fourth-order valence-electron chi connectivity index (χ4n) is 3.48. The van der Waals surface area contributed by atoms with Gasteiger partial charge in [-0.25, -0.2) is 0 Å². The topological polar surface area (TPSA) is 104 Å². The number of rotatable bonds is 24. The number of amides is 2. The zero-order valence-corrected chi connectivity index (χ0v) is 28.1. The molecule has 0 rings (SSSR count). The average molecular weight is 619 g/mol. The van der Waals surface area contributed by atoms with Crippen molar-refractivity contribution in [2.75, 3.05) is 69.1 Å². The molecule has 0 saturated carbocycles. The van der Waals surface area contributed by atoms with Crippen molar-refractivity contribution in [3.05, 3.63) is 0 Å². The van der Waals surface area contributed by atoms with Gasteiger partial charge in [0.25, 0.3) is 10.5 Å². The van der Waals surface area contributed by atoms with Crippen molar-refractivity contribution < 1.29 is 31.7 Å². The van der Waals surface area contributed by atoms with Crippen molar-refractivity contribution in [1.29, 1.82) is 0 Å². The molecular weight excluding hydrogens is 569 g/mol. The smallest absolute Gasteiger partial charge is 0.395 e. The number of hydrogen-bond acceptors (Lipinski definition) is 10. The fraction of sp³-hybridized carbons (Fsp3) is 0.913. The molecule has 0 aromatic rings. The van der Waals surface area contributed by atoms with Crippen LogP contribution in [-0.4, -0.2) is 97.0 Å². The Morgan fingerprint density at radius 1 is 0.622 bits per heavy atom. The van der Waals surface area contributed by atoms with Crippen LogP contribution < -0.4 is 10.6 Å². The second-order valence-electron chi connectivity index (χ2n) is 7.93. The molecule has 0 aliphatic carbocycles. The molecule has 0 aliphatic heterocycles. The molecule has 0 unspecified atom stereocenters. The van der Waals surface area contributed by atoms with Crippen molar-refractivity contribution in [2.45, 2.75) is 66.1 Å². The minimum atomic E-state index is -2.64. The molecular formula is C23H50N2O7S3Si2. The summed E-state index contributed by atoms with van der Waals surface area (Å²) >= 11 is 4.36. The summed E-state index contributed by atoms with van der Waals surface area (Å²) in [5.74, 6) is 3.24. The van der Waals surface area contributed by atoms with Crippen LogP contribution in [0.4, 0.5) is 9.59 Å². The third kappa shape index (κ3) is 19.9. The van der Waals surface area contributed by atoms with Gasteiger partial charge >= 0.3 is 17.4 Å². The number of carbonyl (C=O) groups excluding carboxylic acids is 2. The van der Waals surface area contributed by atoms with Crippen LogP contribution in [0.15, 0.2) is 0 Å². The summed E-state index contributed by atoms with van der Waals surface area (Å²) in [4.78, 5) is 24.1. The van der Waals surface area contributed by atoms with Crippen LogP contribution in [0.3, 0.4) is 0 Å². The molecule has 2 N–H and O–H groups in total. The third-order valence-electron chi connectivity index (χ3n) is 4.92. The highest BCUT2D eigenvalue weighted by Crippen LogP contribution is 2.18. The summed E-state index contributed by atoms with van der Waals surface area (Å²) in [5, 5.41) is 5.90. The van der Waals surface area contributed by atoms with Gasteiger partial charge in [-0.1, -0.05) is 23.5 Å². The molecule has 2 amide bonds. The summed E-state index contributed by atoms with van der Waals surface area (Å²) in [7, 11) is -4.75. The van der Waals surface area contributed by atoms with Crippen LogP contribution in [0.1, 0.15) is 47.5 Å². The van der Waals surface area contributed by atoms with Crippen LogP contribution in [0.2, 0.25) is 18.6 Å². The largest absolute Gasteiger partial charge is 0.500 e. The lowest BCUT2D eigenvalue weighted by molar-refractivity contribution is 0.0708. The maximum Gasteiger partial charge on any atom is 0.500 e. The lowest BCUT2D eigenvalue weighted by Gasteiger charge is -2.28. The van der Waals surface area contributed by atoms with Crippen molar-refractivity contribution >= 4 is 63.1 Å². The lowest BCUT2D eigenvalue weighted by atomic mass is 10.5. The molecule has 0 aromatic heterocycles. The maximum atomic E-state index is 12.1. The zero-order chi connectivity index (χ0) is 27.8. The van der Waals surface area contributed by atoms with Crippen molar-refractivity contribution in [1.82, 2.24) is 10.6 Å². The standard InChI is InChI=1S/C23H50N2O7S3Si2/c1-7-28-36(6,29-8-2)20-12-14-24-22(26)34-18-16-33-17-19-35-23(27)25-15-13-21-37(30-9-3,31-10-4)32-11-5/h7-21H2,1-6H3,(H,24,26)(H,25,27). The summed E-state index contributed by atoms with van der Waals surface area (Å²) in [6, 6.07) is 1.56. The Morgan fingerprint density at radius 2 is 1.03 bits per heavy atom. The van der Waals surface area contributed by atoms with Gasteiger partial charge in [-0.15, -0.1) is 0 Å². The molecule has 0 heterocycles. The summed E-state index contributed by atoms with van der Waals surface area (Å²) in [6.07, 6.45) is 1.62. The Hall–Kier alpha value is 0.224. The average Bonchev–Trinajstić information content (AvgIpc) is 2.85. The van der Waals surface area contributed by atoms with E-state index in [1.165, 1.54) is 23.5 Å². The van der Waals surface area contributed by atoms with Gasteiger partial charge in [0.05, 0.1) is 0 Å². The predicted molar refractivity (Wildman–Crippen MR) is 163 cm³/mol. The fourth-order valence-corrected chi connectivity index (χ4v) is 11.1. The minimum Gasteiger partial charge on any atom is -0.395 e. The number of hydrogen-bond donors (Lipinski definition) is 2. The predicted octanol–water partition coefficient (Wildman–Crippen LogP) is 5.58. The molecule has 0 aliphatic rings. The van der Waals surface area contributed by atoms with Crippen LogP contribution in [0, 0.1) is 0 Å². The molecule has 0 aromatic carbocycles. The van der Waals surface area contributed by atoms with Gasteiger partial charge in [-0.2, -0.15) is 11.8 Å². The second-order valence-corrected chi connectivity index (χ2v) is 17.4. The van der Waals surface area contributed by atoms with E-state index >= 15 is 0 Å². The van der Waals surface area contributed by atoms with Crippen molar-refractivity contribution in [3.8, 4) is 0 Å². The van der Waals surface area contributed by atoms with E-state index in [0.717, 1.165) is 41.9 Å². The first-order chi connectivity index (χ1) is 17.8. The van der Waals surface area contributed by atoms with E-state index in [9.17, 15) is 9.59 Å². The second kappa shape index (κ2) is 24.1. The van der Waals surface area contributed by atoms with E-state index in [4.69, 9.17) is 22.1 Å². The van der Waals surface area contributed by atoms with Gasteiger partial charge in [0.1, 0.15) is 0 Å². The van der Waals surface area contributed by atoms with Gasteiger partial charge in [-0.3, -0.25) is 9.59 Å². The van der Waals surface area contributed by atoms with Gasteiger partial charge < -0.3 is 32.8 Å². The molecule has 220 valence electrons. The lowest BCUT2D eigenvalue weighted by Crippen LogP contribution is -2.46. The first-order valence-corrected chi connectivity index (χ1v) is 21.0. The Kier molecular flexibility index (Phi) is 24.2. The van der Waals surface area contributed by atoms with E-state index in [-0.39, 0.29) is 10.5 Å². The number of thioether (sulfide) groups is 3. The van der Waals surface area contributed by atoms with Crippen LogP contribution in [0.25, 0.3) is 0 Å². The highest BCUT2D eigenvalue weighted by Gasteiger charge is 2.39. The molecule has 0 radical (unpaired) electrons. The monoisotopic (exact) mass is 618 g/mol. The highest BCUT2D eigenvalue weighted by molar-refractivity contribution is 8.15. The molecule has 0 fully saturated rings. The van der Waals surface area contributed by atoms with Crippen LogP contribution in [0.5, 0.6) is 0 Å². The van der Waals surface area contributed by atoms with Crippen LogP contribution in [-0.2, 0) is 22.1 Å². The quantitative estimate of drug-likeness (QED) is 0.105. The Bertz CT molecular complexity index is 576. The van der Waals surface area contributed by atoms with Crippen molar-refractivity contribution in [2.24, 2.45) is 0 Å². The molecule has 37 heavy (non-hydrogen) atoms. The van der Waals surface area contributed by atoms with Gasteiger partial charge in [0.2, 0.25) is 0 Å². The number of nitrogens with one attached hydrogen (secondary N) is 2. The number of carbonyl (C=O) groups is 2. The van der Waals surface area contributed by atoms with E-state index in [2.05, 4.69) is 17.2 Å². The molecule has 0 bridgehead atoms. The van der Waals surface area contributed by atoms with E-state index in [0.29, 0.717) is 52.2 Å². The Labute approximate surface area is 240 Å². The summed E-state index contributed by atoms with van der Waals surface area (Å²) in [5.41, 5.74) is 0. The van der Waals surface area contributed by atoms with Crippen molar-refractivity contribution in [3.63, 3.8) is 0 Å². The Balaban J connectivity index is 3.81. The molecule has 0 spiro atoms. The van der Waals surface area contributed by atoms with E-state index in [1.807, 2.05) is 34.6 Å². The first-order valence-electron chi connectivity index (χ1n) is 13.4. The maximum absolute atomic E-state index is 12.1. The van der Waals surface area contributed by atoms with Crippen LogP contribution >= 0.6 is 35.3 Å². The summed E-state index contributed by atoms with van der Waals surface area (Å²) < 4.78 is 29.1. The molecule has 9 nitrogen and oxygen atoms in total. The first kappa shape index (κ1) is 37.2.